The summed E-state index contributed by atoms with van der Waals surface area (Å²) in [6, 6.07) is 21.9. The van der Waals surface area contributed by atoms with Gasteiger partial charge in [-0.25, -0.2) is 0 Å². The van der Waals surface area contributed by atoms with Gasteiger partial charge in [-0.1, -0.05) is 48.2 Å². The van der Waals surface area contributed by atoms with E-state index in [2.05, 4.69) is 21.2 Å². The second-order valence-corrected chi connectivity index (χ2v) is 7.87. The topological polar surface area (TPSA) is 63.9 Å². The SMILES string of the molecule is O=C(CSc1nnc(-c2cccnc2)n1-c1ccccc1)N1CCc2ccccc21. The summed E-state index contributed by atoms with van der Waals surface area (Å²) in [5.74, 6) is 1.08. The fourth-order valence-electron chi connectivity index (χ4n) is 3.66. The van der Waals surface area contributed by atoms with E-state index in [1.165, 1.54) is 17.3 Å². The van der Waals surface area contributed by atoms with Crippen LogP contribution in [0.1, 0.15) is 5.56 Å². The van der Waals surface area contributed by atoms with E-state index in [0.29, 0.717) is 16.7 Å². The Morgan fingerprint density at radius 1 is 0.967 bits per heavy atom. The third kappa shape index (κ3) is 3.48. The van der Waals surface area contributed by atoms with Gasteiger partial charge in [0.1, 0.15) is 0 Å². The van der Waals surface area contributed by atoms with E-state index >= 15 is 0 Å². The maximum Gasteiger partial charge on any atom is 0.237 e. The lowest BCUT2D eigenvalue weighted by molar-refractivity contribution is -0.116. The van der Waals surface area contributed by atoms with Crippen molar-refractivity contribution in [3.05, 3.63) is 84.7 Å². The van der Waals surface area contributed by atoms with Crippen LogP contribution in [0, 0.1) is 0 Å². The van der Waals surface area contributed by atoms with Crippen molar-refractivity contribution < 1.29 is 4.79 Å². The van der Waals surface area contributed by atoms with Gasteiger partial charge < -0.3 is 4.90 Å². The molecule has 1 aliphatic heterocycles. The molecule has 0 radical (unpaired) electrons. The summed E-state index contributed by atoms with van der Waals surface area (Å²) < 4.78 is 1.98. The average molecular weight is 414 g/mol. The van der Waals surface area contributed by atoms with Crippen LogP contribution in [0.5, 0.6) is 0 Å². The zero-order chi connectivity index (χ0) is 20.3. The maximum absolute atomic E-state index is 12.9. The molecule has 2 aromatic heterocycles. The minimum absolute atomic E-state index is 0.0792. The lowest BCUT2D eigenvalue weighted by Crippen LogP contribution is -2.30. The molecule has 148 valence electrons. The predicted molar refractivity (Wildman–Crippen MR) is 118 cm³/mol. The number of nitrogens with zero attached hydrogens (tertiary/aromatic N) is 5. The second-order valence-electron chi connectivity index (χ2n) is 6.93. The molecule has 0 spiro atoms. The van der Waals surface area contributed by atoms with Crippen LogP contribution >= 0.6 is 11.8 Å². The first kappa shape index (κ1) is 18.6. The monoisotopic (exact) mass is 413 g/mol. The lowest BCUT2D eigenvalue weighted by atomic mass is 10.2. The highest BCUT2D eigenvalue weighted by Crippen LogP contribution is 2.30. The molecule has 3 heterocycles. The van der Waals surface area contributed by atoms with Gasteiger partial charge in [0, 0.05) is 35.9 Å². The van der Waals surface area contributed by atoms with E-state index in [1.54, 1.807) is 12.4 Å². The van der Waals surface area contributed by atoms with Crippen LogP contribution in [0.2, 0.25) is 0 Å². The largest absolute Gasteiger partial charge is 0.311 e. The maximum atomic E-state index is 12.9. The molecular weight excluding hydrogens is 394 g/mol. The molecule has 1 aliphatic rings. The first-order chi connectivity index (χ1) is 14.8. The van der Waals surface area contributed by atoms with Crippen molar-refractivity contribution in [3.63, 3.8) is 0 Å². The number of hydrogen-bond donors (Lipinski definition) is 0. The Morgan fingerprint density at radius 2 is 1.80 bits per heavy atom. The minimum atomic E-state index is 0.0792. The van der Waals surface area contributed by atoms with E-state index in [1.807, 2.05) is 70.1 Å². The van der Waals surface area contributed by atoms with Crippen molar-refractivity contribution in [2.45, 2.75) is 11.6 Å². The van der Waals surface area contributed by atoms with Gasteiger partial charge >= 0.3 is 0 Å². The van der Waals surface area contributed by atoms with Crippen LogP contribution in [0.25, 0.3) is 17.1 Å². The Kier molecular flexibility index (Phi) is 5.03. The summed E-state index contributed by atoms with van der Waals surface area (Å²) in [5.41, 5.74) is 4.06. The van der Waals surface area contributed by atoms with Gasteiger partial charge in [0.25, 0.3) is 0 Å². The molecule has 4 aromatic rings. The average Bonchev–Trinajstić information content (AvgIpc) is 3.43. The summed E-state index contributed by atoms with van der Waals surface area (Å²) in [5, 5.41) is 9.47. The number of amides is 1. The second kappa shape index (κ2) is 8.12. The summed E-state index contributed by atoms with van der Waals surface area (Å²) in [4.78, 5) is 19.0. The molecule has 1 amide bonds. The van der Waals surface area contributed by atoms with Crippen molar-refractivity contribution in [2.75, 3.05) is 17.2 Å². The highest BCUT2D eigenvalue weighted by molar-refractivity contribution is 7.99. The molecule has 0 bridgehead atoms. The number of rotatable bonds is 5. The number of aromatic nitrogens is 4. The van der Waals surface area contributed by atoms with Crippen LogP contribution in [0.4, 0.5) is 5.69 Å². The third-order valence-corrected chi connectivity index (χ3v) is 5.99. The van der Waals surface area contributed by atoms with Crippen LogP contribution < -0.4 is 4.90 Å². The molecule has 0 aliphatic carbocycles. The van der Waals surface area contributed by atoms with Gasteiger partial charge in [-0.05, 0) is 42.3 Å². The standard InChI is InChI=1S/C23H19N5OS/c29-21(27-14-12-17-7-4-5-11-20(17)27)16-30-23-26-25-22(18-8-6-13-24-15-18)28(23)19-9-2-1-3-10-19/h1-11,13,15H,12,14,16H2. The Hall–Kier alpha value is -3.45. The molecule has 6 nitrogen and oxygen atoms in total. The summed E-state index contributed by atoms with van der Waals surface area (Å²) >= 11 is 1.40. The number of fused-ring (bicyclic) bond motifs is 1. The fraction of sp³-hybridized carbons (Fsp3) is 0.130. The molecule has 0 N–H and O–H groups in total. The number of anilines is 1. The van der Waals surface area contributed by atoms with Crippen LogP contribution in [-0.2, 0) is 11.2 Å². The van der Waals surface area contributed by atoms with Crippen molar-refractivity contribution in [3.8, 4) is 17.1 Å². The number of para-hydroxylation sites is 2. The van der Waals surface area contributed by atoms with Gasteiger partial charge in [-0.3, -0.25) is 14.3 Å². The quantitative estimate of drug-likeness (QED) is 0.463. The van der Waals surface area contributed by atoms with Gasteiger partial charge in [0.15, 0.2) is 11.0 Å². The molecule has 0 atom stereocenters. The number of benzene rings is 2. The Bertz CT molecular complexity index is 1180. The fourth-order valence-corrected chi connectivity index (χ4v) is 4.48. The van der Waals surface area contributed by atoms with Crippen molar-refractivity contribution in [2.24, 2.45) is 0 Å². The Morgan fingerprint density at radius 3 is 2.63 bits per heavy atom. The van der Waals surface area contributed by atoms with Gasteiger partial charge in [-0.2, -0.15) is 0 Å². The number of carbonyl (C=O) groups excluding carboxylic acids is 1. The number of pyridine rings is 1. The predicted octanol–water partition coefficient (Wildman–Crippen LogP) is 4.01. The lowest BCUT2D eigenvalue weighted by Gasteiger charge is -2.17. The first-order valence-corrected chi connectivity index (χ1v) is 10.7. The van der Waals surface area contributed by atoms with Gasteiger partial charge in [0.2, 0.25) is 5.91 Å². The van der Waals surface area contributed by atoms with E-state index in [4.69, 9.17) is 0 Å². The van der Waals surface area contributed by atoms with E-state index in [-0.39, 0.29) is 5.91 Å². The molecule has 0 saturated heterocycles. The number of carbonyl (C=O) groups is 1. The summed E-state index contributed by atoms with van der Waals surface area (Å²) in [6.45, 7) is 0.727. The van der Waals surface area contributed by atoms with E-state index in [0.717, 1.165) is 29.9 Å². The third-order valence-electron chi connectivity index (χ3n) is 5.08. The zero-order valence-corrected chi connectivity index (χ0v) is 17.0. The molecule has 0 saturated carbocycles. The molecular formula is C23H19N5OS. The number of hydrogen-bond acceptors (Lipinski definition) is 5. The Labute approximate surface area is 178 Å². The molecule has 7 heteroatoms. The van der Waals surface area contributed by atoms with Crippen molar-refractivity contribution in [1.82, 2.24) is 19.7 Å². The molecule has 0 fully saturated rings. The smallest absolute Gasteiger partial charge is 0.237 e. The van der Waals surface area contributed by atoms with Crippen LogP contribution in [0.3, 0.4) is 0 Å². The molecule has 30 heavy (non-hydrogen) atoms. The van der Waals surface area contributed by atoms with Crippen LogP contribution in [0.15, 0.2) is 84.3 Å². The van der Waals surface area contributed by atoms with E-state index < -0.39 is 0 Å². The number of thioether (sulfide) groups is 1. The molecule has 0 unspecified atom stereocenters. The van der Waals surface area contributed by atoms with Crippen molar-refractivity contribution in [1.29, 1.82) is 0 Å². The highest BCUT2D eigenvalue weighted by Gasteiger charge is 2.25. The summed E-state index contributed by atoms with van der Waals surface area (Å²) in [6.07, 6.45) is 4.40. The van der Waals surface area contributed by atoms with Crippen LogP contribution in [-0.4, -0.2) is 38.0 Å². The highest BCUT2D eigenvalue weighted by atomic mass is 32.2. The molecule has 2 aromatic carbocycles. The summed E-state index contributed by atoms with van der Waals surface area (Å²) in [7, 11) is 0. The van der Waals surface area contributed by atoms with Crippen molar-refractivity contribution >= 4 is 23.4 Å². The van der Waals surface area contributed by atoms with Gasteiger partial charge in [0.05, 0.1) is 5.75 Å². The van der Waals surface area contributed by atoms with Gasteiger partial charge in [-0.15, -0.1) is 10.2 Å². The normalized spacial score (nSPS) is 12.7. The first-order valence-electron chi connectivity index (χ1n) is 9.73. The Balaban J connectivity index is 1.43. The zero-order valence-electron chi connectivity index (χ0n) is 16.2. The molecule has 5 rings (SSSR count). The minimum Gasteiger partial charge on any atom is -0.311 e. The van der Waals surface area contributed by atoms with E-state index in [9.17, 15) is 4.79 Å².